The van der Waals surface area contributed by atoms with Crippen molar-refractivity contribution in [1.29, 1.82) is 0 Å². The van der Waals surface area contributed by atoms with E-state index in [1.54, 1.807) is 6.07 Å². The third-order valence-electron chi connectivity index (χ3n) is 6.03. The van der Waals surface area contributed by atoms with Gasteiger partial charge in [0.25, 0.3) is 0 Å². The van der Waals surface area contributed by atoms with Crippen LogP contribution in [0.3, 0.4) is 0 Å². The fraction of sp³-hybridized carbons (Fsp3) is 0.435. The highest BCUT2D eigenvalue weighted by Crippen LogP contribution is 2.44. The van der Waals surface area contributed by atoms with Crippen LogP contribution >= 0.6 is 34.8 Å². The van der Waals surface area contributed by atoms with E-state index in [0.717, 1.165) is 30.4 Å². The second kappa shape index (κ2) is 9.26. The first-order chi connectivity index (χ1) is 14.0. The van der Waals surface area contributed by atoms with Crippen LogP contribution in [0.2, 0.25) is 15.1 Å². The van der Waals surface area contributed by atoms with Crippen molar-refractivity contribution < 1.29 is 9.53 Å². The Morgan fingerprint density at radius 2 is 1.79 bits per heavy atom. The van der Waals surface area contributed by atoms with Gasteiger partial charge in [-0.25, -0.2) is 0 Å². The van der Waals surface area contributed by atoms with Gasteiger partial charge in [0, 0.05) is 22.5 Å². The van der Waals surface area contributed by atoms with E-state index in [-0.39, 0.29) is 24.2 Å². The quantitative estimate of drug-likeness (QED) is 0.583. The lowest BCUT2D eigenvalue weighted by molar-refractivity contribution is -0.132. The Morgan fingerprint density at radius 1 is 1.03 bits per heavy atom. The Balaban J connectivity index is 1.51. The molecule has 1 aliphatic carbocycles. The summed E-state index contributed by atoms with van der Waals surface area (Å²) in [6, 6.07) is 13.1. The molecular weight excluding hydrogens is 429 g/mol. The van der Waals surface area contributed by atoms with E-state index in [1.165, 1.54) is 6.42 Å². The first-order valence-electron chi connectivity index (χ1n) is 10.1. The van der Waals surface area contributed by atoms with Crippen LogP contribution in [0.15, 0.2) is 42.5 Å². The third kappa shape index (κ3) is 4.91. The van der Waals surface area contributed by atoms with Crippen LogP contribution in [0.5, 0.6) is 0 Å². The summed E-state index contributed by atoms with van der Waals surface area (Å²) < 4.78 is 6.45. The molecule has 0 aromatic heterocycles. The second-order valence-corrected chi connectivity index (χ2v) is 9.19. The number of carbonyl (C=O) groups excluding carboxylic acids is 1. The van der Waals surface area contributed by atoms with Gasteiger partial charge in [0.05, 0.1) is 28.7 Å². The maximum Gasteiger partial charge on any atom is 0.224 e. The molecule has 1 saturated heterocycles. The third-order valence-corrected chi connectivity index (χ3v) is 7.12. The predicted molar refractivity (Wildman–Crippen MR) is 118 cm³/mol. The molecule has 3 nitrogen and oxygen atoms in total. The predicted octanol–water partition coefficient (Wildman–Crippen LogP) is 6.39. The molecule has 0 bridgehead atoms. The van der Waals surface area contributed by atoms with E-state index in [2.05, 4.69) is 5.32 Å². The van der Waals surface area contributed by atoms with Gasteiger partial charge in [-0.3, -0.25) is 4.79 Å². The first-order valence-corrected chi connectivity index (χ1v) is 11.3. The zero-order valence-corrected chi connectivity index (χ0v) is 18.3. The molecule has 6 heteroatoms. The molecule has 4 rings (SSSR count). The first kappa shape index (κ1) is 21.0. The van der Waals surface area contributed by atoms with Gasteiger partial charge >= 0.3 is 0 Å². The van der Waals surface area contributed by atoms with Gasteiger partial charge in [-0.05, 0) is 43.0 Å². The van der Waals surface area contributed by atoms with Gasteiger partial charge in [0.2, 0.25) is 5.91 Å². The van der Waals surface area contributed by atoms with Crippen LogP contribution in [0.4, 0.5) is 0 Å². The smallest absolute Gasteiger partial charge is 0.224 e. The number of hydrogen-bond donors (Lipinski definition) is 1. The average molecular weight is 453 g/mol. The number of amides is 1. The Hall–Kier alpha value is -1.26. The van der Waals surface area contributed by atoms with Crippen LogP contribution in [0.1, 0.15) is 49.3 Å². The number of benzene rings is 2. The largest absolute Gasteiger partial charge is 0.370 e. The minimum atomic E-state index is -0.165. The van der Waals surface area contributed by atoms with Crippen molar-refractivity contribution in [2.45, 2.75) is 56.8 Å². The maximum absolute atomic E-state index is 12.8. The van der Waals surface area contributed by atoms with Gasteiger partial charge in [-0.15, -0.1) is 0 Å². The monoisotopic (exact) mass is 451 g/mol. The van der Waals surface area contributed by atoms with Crippen LogP contribution in [-0.2, 0) is 16.0 Å². The van der Waals surface area contributed by atoms with E-state index in [1.807, 2.05) is 36.4 Å². The van der Waals surface area contributed by atoms with Crippen molar-refractivity contribution in [3.63, 3.8) is 0 Å². The topological polar surface area (TPSA) is 38.3 Å². The summed E-state index contributed by atoms with van der Waals surface area (Å²) >= 11 is 18.6. The summed E-state index contributed by atoms with van der Waals surface area (Å²) in [7, 11) is 0. The molecule has 29 heavy (non-hydrogen) atoms. The summed E-state index contributed by atoms with van der Waals surface area (Å²) in [4.78, 5) is 12.8. The van der Waals surface area contributed by atoms with Crippen LogP contribution in [0.25, 0.3) is 0 Å². The zero-order chi connectivity index (χ0) is 20.4. The van der Waals surface area contributed by atoms with E-state index >= 15 is 0 Å². The number of nitrogens with one attached hydrogen (secondary N) is 1. The number of fused-ring (bicyclic) bond motifs is 1. The highest BCUT2D eigenvalue weighted by molar-refractivity contribution is 6.42. The highest BCUT2D eigenvalue weighted by atomic mass is 35.5. The fourth-order valence-electron chi connectivity index (χ4n) is 4.61. The summed E-state index contributed by atoms with van der Waals surface area (Å²) in [5.74, 6) is 0.367. The van der Waals surface area contributed by atoms with Crippen LogP contribution < -0.4 is 5.32 Å². The molecule has 4 atom stereocenters. The Kier molecular flexibility index (Phi) is 6.70. The second-order valence-electron chi connectivity index (χ2n) is 7.97. The molecule has 0 spiro atoms. The van der Waals surface area contributed by atoms with Crippen molar-refractivity contribution in [3.8, 4) is 0 Å². The minimum Gasteiger partial charge on any atom is -0.370 e. The lowest BCUT2D eigenvalue weighted by atomic mass is 9.76. The zero-order valence-electron chi connectivity index (χ0n) is 16.0. The van der Waals surface area contributed by atoms with Crippen molar-refractivity contribution in [2.24, 2.45) is 5.92 Å². The van der Waals surface area contributed by atoms with Gasteiger partial charge in [0.1, 0.15) is 0 Å². The average Bonchev–Trinajstić information content (AvgIpc) is 2.71. The van der Waals surface area contributed by atoms with E-state index in [9.17, 15) is 4.79 Å². The molecule has 1 saturated carbocycles. The van der Waals surface area contributed by atoms with E-state index in [0.29, 0.717) is 33.8 Å². The molecule has 0 radical (unpaired) electrons. The summed E-state index contributed by atoms with van der Waals surface area (Å²) in [5.41, 5.74) is 1.86. The number of hydrogen-bond acceptors (Lipinski definition) is 2. The summed E-state index contributed by atoms with van der Waals surface area (Å²) in [6.45, 7) is 0. The maximum atomic E-state index is 12.8. The fourth-order valence-corrected chi connectivity index (χ4v) is 5.16. The molecular formula is C23H24Cl3NO2. The van der Waals surface area contributed by atoms with Crippen molar-refractivity contribution in [3.05, 3.63) is 68.7 Å². The molecule has 1 amide bonds. The molecule has 2 aliphatic rings. The van der Waals surface area contributed by atoms with Gasteiger partial charge in [-0.2, -0.15) is 0 Å². The molecule has 2 aromatic carbocycles. The molecule has 2 aromatic rings. The lowest BCUT2D eigenvalue weighted by Gasteiger charge is -2.45. The molecule has 0 unspecified atom stereocenters. The number of carbonyl (C=O) groups is 1. The van der Waals surface area contributed by atoms with Gasteiger partial charge in [0.15, 0.2) is 0 Å². The Bertz CT molecular complexity index is 871. The minimum absolute atomic E-state index is 0.0273. The Labute approximate surface area is 186 Å². The highest BCUT2D eigenvalue weighted by Gasteiger charge is 2.41. The lowest BCUT2D eigenvalue weighted by Crippen LogP contribution is -2.51. The van der Waals surface area contributed by atoms with E-state index < -0.39 is 0 Å². The molecule has 154 valence electrons. The summed E-state index contributed by atoms with van der Waals surface area (Å²) in [5, 5.41) is 5.03. The number of halogens is 3. The molecule has 1 aliphatic heterocycles. The van der Waals surface area contributed by atoms with Crippen molar-refractivity contribution >= 4 is 40.7 Å². The molecule has 2 fully saturated rings. The number of rotatable bonds is 4. The summed E-state index contributed by atoms with van der Waals surface area (Å²) in [6.07, 6.45) is 5.44. The van der Waals surface area contributed by atoms with Gasteiger partial charge < -0.3 is 10.1 Å². The number of ether oxygens (including phenoxy) is 1. The van der Waals surface area contributed by atoms with Crippen LogP contribution in [-0.4, -0.2) is 18.1 Å². The van der Waals surface area contributed by atoms with Crippen LogP contribution in [0, 0.1) is 5.92 Å². The standard InChI is InChI=1S/C23H24Cl3NO2/c24-15-10-8-14(9-11-15)12-22(28)27-19-13-21(17-5-3-6-18(25)23(17)26)29-20-7-2-1-4-16(19)20/h3,5-6,8-11,16,19-21H,1-2,4,7,12-13H2,(H,27,28)/t16-,19+,20+,21+/m1/s1. The van der Waals surface area contributed by atoms with Crippen molar-refractivity contribution in [1.82, 2.24) is 5.32 Å². The van der Waals surface area contributed by atoms with Crippen molar-refractivity contribution in [2.75, 3.05) is 0 Å². The van der Waals surface area contributed by atoms with E-state index in [4.69, 9.17) is 39.5 Å². The normalized spacial score (nSPS) is 26.6. The van der Waals surface area contributed by atoms with Gasteiger partial charge in [-0.1, -0.05) is 71.9 Å². The Morgan fingerprint density at radius 3 is 2.59 bits per heavy atom. The molecule has 1 heterocycles. The SMILES string of the molecule is O=C(Cc1ccc(Cl)cc1)N[C@H]1C[C@@H](c2cccc(Cl)c2Cl)O[C@H]2CCCC[C@H]12. The molecule has 1 N–H and O–H groups in total.